The number of nitrogens with one attached hydrogen (secondary N) is 1. The molecule has 2 aromatic carbocycles. The molecule has 0 radical (unpaired) electrons. The summed E-state index contributed by atoms with van der Waals surface area (Å²) in [4.78, 5) is 39.6. The largest absolute Gasteiger partial charge is 0.455 e. The minimum absolute atomic E-state index is 0.0545. The summed E-state index contributed by atoms with van der Waals surface area (Å²) < 4.78 is 11.3. The van der Waals surface area contributed by atoms with E-state index in [1.54, 1.807) is 19.1 Å². The van der Waals surface area contributed by atoms with Crippen LogP contribution in [0.2, 0.25) is 0 Å². The summed E-state index contributed by atoms with van der Waals surface area (Å²) >= 11 is 1.41. The molecule has 0 spiro atoms. The number of nitrogens with zero attached hydrogens (tertiary/aromatic N) is 1. The zero-order valence-corrected chi connectivity index (χ0v) is 20.4. The molecule has 0 atom stereocenters. The van der Waals surface area contributed by atoms with Gasteiger partial charge in [-0.2, -0.15) is 5.26 Å². The highest BCUT2D eigenvalue weighted by molar-refractivity contribution is 7.16. The van der Waals surface area contributed by atoms with Crippen LogP contribution < -0.4 is 10.7 Å². The summed E-state index contributed by atoms with van der Waals surface area (Å²) in [5.74, 6) is -0.953. The van der Waals surface area contributed by atoms with Crippen LogP contribution in [0.4, 0.5) is 5.00 Å². The first kappa shape index (κ1) is 23.5. The highest BCUT2D eigenvalue weighted by atomic mass is 32.1. The highest BCUT2D eigenvalue weighted by Gasteiger charge is 2.23. The van der Waals surface area contributed by atoms with Gasteiger partial charge in [0.15, 0.2) is 17.6 Å². The SMILES string of the molecule is Cc1c(-c2ccccc2)oc2c(C(=O)OCC(=O)Nc3sc4c(c3C#N)CCCC4)cccc2c1=O. The Morgan fingerprint density at radius 1 is 1.11 bits per heavy atom. The number of hydrogen-bond acceptors (Lipinski definition) is 7. The Morgan fingerprint density at radius 2 is 1.89 bits per heavy atom. The van der Waals surface area contributed by atoms with Gasteiger partial charge < -0.3 is 14.5 Å². The molecule has 8 heteroatoms. The van der Waals surface area contributed by atoms with Crippen molar-refractivity contribution in [1.82, 2.24) is 0 Å². The monoisotopic (exact) mass is 498 g/mol. The number of benzene rings is 2. The molecular formula is C28H22N2O5S. The van der Waals surface area contributed by atoms with Crippen LogP contribution in [0, 0.1) is 18.3 Å². The van der Waals surface area contributed by atoms with Crippen molar-refractivity contribution in [3.05, 3.63) is 85.9 Å². The summed E-state index contributed by atoms with van der Waals surface area (Å²) in [7, 11) is 0. The molecule has 5 rings (SSSR count). The van der Waals surface area contributed by atoms with E-state index < -0.39 is 18.5 Å². The van der Waals surface area contributed by atoms with E-state index in [0.29, 0.717) is 27.5 Å². The third-order valence-corrected chi connectivity index (χ3v) is 7.48. The average Bonchev–Trinajstić information content (AvgIpc) is 3.26. The van der Waals surface area contributed by atoms with E-state index in [2.05, 4.69) is 11.4 Å². The molecule has 7 nitrogen and oxygen atoms in total. The fourth-order valence-corrected chi connectivity index (χ4v) is 5.73. The van der Waals surface area contributed by atoms with Crippen molar-refractivity contribution in [2.75, 3.05) is 11.9 Å². The van der Waals surface area contributed by atoms with E-state index in [-0.39, 0.29) is 22.0 Å². The normalized spacial score (nSPS) is 12.6. The van der Waals surface area contributed by atoms with Crippen LogP contribution in [0.1, 0.15) is 44.8 Å². The van der Waals surface area contributed by atoms with Crippen molar-refractivity contribution in [2.45, 2.75) is 32.6 Å². The van der Waals surface area contributed by atoms with Crippen LogP contribution in [0.25, 0.3) is 22.3 Å². The Labute approximate surface area is 210 Å². The summed E-state index contributed by atoms with van der Waals surface area (Å²) in [5, 5.41) is 13.0. The summed E-state index contributed by atoms with van der Waals surface area (Å²) in [6, 6.07) is 16.0. The first-order valence-electron chi connectivity index (χ1n) is 11.6. The van der Waals surface area contributed by atoms with Gasteiger partial charge in [0.05, 0.1) is 10.9 Å². The van der Waals surface area contributed by atoms with Gasteiger partial charge in [-0.05, 0) is 50.3 Å². The molecule has 0 unspecified atom stereocenters. The number of thiophene rings is 1. The van der Waals surface area contributed by atoms with E-state index in [1.807, 2.05) is 30.3 Å². The molecule has 0 saturated heterocycles. The predicted octanol–water partition coefficient (Wildman–Crippen LogP) is 5.38. The second-order valence-electron chi connectivity index (χ2n) is 8.58. The third kappa shape index (κ3) is 4.30. The van der Waals surface area contributed by atoms with Gasteiger partial charge in [0.1, 0.15) is 22.4 Å². The summed E-state index contributed by atoms with van der Waals surface area (Å²) in [5.41, 5.74) is 2.57. The van der Waals surface area contributed by atoms with E-state index in [4.69, 9.17) is 9.15 Å². The van der Waals surface area contributed by atoms with Crippen molar-refractivity contribution in [3.8, 4) is 17.4 Å². The summed E-state index contributed by atoms with van der Waals surface area (Å²) in [6.07, 6.45) is 3.82. The molecule has 36 heavy (non-hydrogen) atoms. The Morgan fingerprint density at radius 3 is 2.67 bits per heavy atom. The number of carbonyl (C=O) groups is 2. The van der Waals surface area contributed by atoms with Crippen molar-refractivity contribution in [1.29, 1.82) is 5.26 Å². The molecule has 0 aliphatic heterocycles. The lowest BCUT2D eigenvalue weighted by atomic mass is 9.96. The fourth-order valence-electron chi connectivity index (χ4n) is 4.48. The molecule has 1 N–H and O–H groups in total. The second kappa shape index (κ2) is 9.80. The van der Waals surface area contributed by atoms with Gasteiger partial charge in [-0.15, -0.1) is 11.3 Å². The number of aryl methyl sites for hydroxylation is 1. The molecule has 1 aliphatic carbocycles. The van der Waals surface area contributed by atoms with E-state index in [9.17, 15) is 19.6 Å². The van der Waals surface area contributed by atoms with Gasteiger partial charge in [0.2, 0.25) is 0 Å². The second-order valence-corrected chi connectivity index (χ2v) is 9.69. The number of nitriles is 1. The minimum atomic E-state index is -0.784. The van der Waals surface area contributed by atoms with Gasteiger partial charge in [-0.1, -0.05) is 36.4 Å². The van der Waals surface area contributed by atoms with Crippen LogP contribution in [0.5, 0.6) is 0 Å². The number of ether oxygens (including phenoxy) is 1. The molecule has 2 heterocycles. The highest BCUT2D eigenvalue weighted by Crippen LogP contribution is 2.37. The van der Waals surface area contributed by atoms with Crippen molar-refractivity contribution in [3.63, 3.8) is 0 Å². The molecule has 180 valence electrons. The van der Waals surface area contributed by atoms with Gasteiger partial charge in [0.25, 0.3) is 5.91 Å². The minimum Gasteiger partial charge on any atom is -0.455 e. The quantitative estimate of drug-likeness (QED) is 0.370. The Bertz CT molecular complexity index is 1590. The molecule has 1 aliphatic rings. The van der Waals surface area contributed by atoms with Crippen LogP contribution in [-0.2, 0) is 22.4 Å². The average molecular weight is 499 g/mol. The topological polar surface area (TPSA) is 109 Å². The number of esters is 1. The Hall–Kier alpha value is -4.22. The maximum atomic E-state index is 13.0. The third-order valence-electron chi connectivity index (χ3n) is 6.27. The number of fused-ring (bicyclic) bond motifs is 2. The van der Waals surface area contributed by atoms with E-state index >= 15 is 0 Å². The van der Waals surface area contributed by atoms with Crippen LogP contribution >= 0.6 is 11.3 Å². The lowest BCUT2D eigenvalue weighted by Gasteiger charge is -2.10. The van der Waals surface area contributed by atoms with Crippen LogP contribution in [0.3, 0.4) is 0 Å². The molecule has 0 bridgehead atoms. The van der Waals surface area contributed by atoms with Gasteiger partial charge in [-0.25, -0.2) is 4.79 Å². The Kier molecular flexibility index (Phi) is 6.40. The smallest absolute Gasteiger partial charge is 0.342 e. The number of para-hydroxylation sites is 1. The molecular weight excluding hydrogens is 476 g/mol. The molecule has 1 amide bonds. The lowest BCUT2D eigenvalue weighted by molar-refractivity contribution is -0.119. The zero-order valence-electron chi connectivity index (χ0n) is 19.6. The van der Waals surface area contributed by atoms with Crippen molar-refractivity contribution in [2.24, 2.45) is 0 Å². The number of hydrogen-bond donors (Lipinski definition) is 1. The van der Waals surface area contributed by atoms with Gasteiger partial charge >= 0.3 is 5.97 Å². The molecule has 0 fully saturated rings. The van der Waals surface area contributed by atoms with Gasteiger partial charge in [-0.3, -0.25) is 9.59 Å². The number of anilines is 1. The summed E-state index contributed by atoms with van der Waals surface area (Å²) in [6.45, 7) is 1.14. The zero-order chi connectivity index (χ0) is 25.2. The van der Waals surface area contributed by atoms with Gasteiger partial charge in [0, 0.05) is 16.0 Å². The Balaban J connectivity index is 1.38. The maximum Gasteiger partial charge on any atom is 0.342 e. The number of amides is 1. The predicted molar refractivity (Wildman–Crippen MR) is 137 cm³/mol. The molecule has 2 aromatic heterocycles. The lowest BCUT2D eigenvalue weighted by Crippen LogP contribution is -2.21. The van der Waals surface area contributed by atoms with E-state index in [0.717, 1.165) is 36.1 Å². The van der Waals surface area contributed by atoms with Crippen LogP contribution in [-0.4, -0.2) is 18.5 Å². The standard InChI is InChI=1S/C28H22N2O5S/c1-16-24(32)19-11-7-12-20(26(19)35-25(16)17-8-3-2-4-9-17)28(33)34-15-23(31)30-27-21(14-29)18-10-5-6-13-22(18)36-27/h2-4,7-9,11-12H,5-6,10,13,15H2,1H3,(H,30,31). The number of carbonyl (C=O) groups excluding carboxylic acids is 2. The van der Waals surface area contributed by atoms with Crippen molar-refractivity contribution < 1.29 is 18.7 Å². The number of rotatable bonds is 5. The molecule has 0 saturated carbocycles. The fraction of sp³-hybridized carbons (Fsp3) is 0.214. The first-order chi connectivity index (χ1) is 17.5. The van der Waals surface area contributed by atoms with Crippen LogP contribution in [0.15, 0.2) is 57.7 Å². The maximum absolute atomic E-state index is 13.0. The first-order valence-corrected chi connectivity index (χ1v) is 12.4. The van der Waals surface area contributed by atoms with E-state index in [1.165, 1.54) is 17.4 Å². The molecule has 4 aromatic rings. The van der Waals surface area contributed by atoms with Crippen molar-refractivity contribution >= 4 is 39.2 Å².